The minimum atomic E-state index is -4.08. The van der Waals surface area contributed by atoms with Gasteiger partial charge in [0.15, 0.2) is 0 Å². The maximum atomic E-state index is 8.81. The van der Waals surface area contributed by atoms with Crippen LogP contribution in [0.25, 0.3) is 0 Å². The highest BCUT2D eigenvalue weighted by molar-refractivity contribution is 6.77. The van der Waals surface area contributed by atoms with Gasteiger partial charge in [-0.05, 0) is 11.4 Å². The molecular formula is C4H10O5Si2. The summed E-state index contributed by atoms with van der Waals surface area (Å²) >= 11 is 0. The van der Waals surface area contributed by atoms with Gasteiger partial charge in [0.2, 0.25) is 0 Å². The van der Waals surface area contributed by atoms with E-state index in [0.29, 0.717) is 0 Å². The van der Waals surface area contributed by atoms with Gasteiger partial charge < -0.3 is 23.3 Å². The molecule has 0 aliphatic carbocycles. The average Bonchev–Trinajstić information content (AvgIpc) is 1.86. The van der Waals surface area contributed by atoms with Gasteiger partial charge in [0.25, 0.3) is 0 Å². The van der Waals surface area contributed by atoms with E-state index < -0.39 is 17.6 Å². The van der Waals surface area contributed by atoms with Crippen LogP contribution in [0.15, 0.2) is 24.6 Å². The van der Waals surface area contributed by atoms with E-state index in [4.69, 9.17) is 19.2 Å². The fraction of sp³-hybridized carbons (Fsp3) is 0. The van der Waals surface area contributed by atoms with Crippen molar-refractivity contribution >= 4 is 17.6 Å². The summed E-state index contributed by atoms with van der Waals surface area (Å²) in [4.78, 5) is 35.2. The molecule has 0 saturated carbocycles. The van der Waals surface area contributed by atoms with Gasteiger partial charge in [0, 0.05) is 0 Å². The fourth-order valence-electron chi connectivity index (χ4n) is 0.304. The summed E-state index contributed by atoms with van der Waals surface area (Å²) in [5.41, 5.74) is 1.51. The Balaban J connectivity index is 4.23. The van der Waals surface area contributed by atoms with Crippen molar-refractivity contribution in [1.29, 1.82) is 0 Å². The van der Waals surface area contributed by atoms with E-state index in [2.05, 4.69) is 17.3 Å². The molecule has 0 aromatic heterocycles. The third-order valence-corrected chi connectivity index (χ3v) is 4.30. The molecule has 0 fully saturated rings. The molecule has 0 heterocycles. The van der Waals surface area contributed by atoms with Crippen molar-refractivity contribution in [3.8, 4) is 0 Å². The van der Waals surface area contributed by atoms with Gasteiger partial charge in [-0.2, -0.15) is 0 Å². The second kappa shape index (κ2) is 3.41. The fourth-order valence-corrected chi connectivity index (χ4v) is 2.74. The van der Waals surface area contributed by atoms with Gasteiger partial charge in [0.05, 0.1) is 0 Å². The molecule has 0 aliphatic rings. The van der Waals surface area contributed by atoms with Crippen molar-refractivity contribution in [2.24, 2.45) is 0 Å². The second-order valence-electron chi connectivity index (χ2n) is 1.83. The molecular weight excluding hydrogens is 184 g/mol. The Morgan fingerprint density at radius 1 is 0.909 bits per heavy atom. The zero-order valence-corrected chi connectivity index (χ0v) is 7.77. The highest BCUT2D eigenvalue weighted by atomic mass is 28.5. The van der Waals surface area contributed by atoms with E-state index in [-0.39, 0.29) is 0 Å². The molecule has 11 heavy (non-hydrogen) atoms. The van der Waals surface area contributed by atoms with Crippen molar-refractivity contribution in [2.75, 3.05) is 0 Å². The van der Waals surface area contributed by atoms with Gasteiger partial charge in [-0.25, -0.2) is 0 Å². The SMILES string of the molecule is C=C[Si](O)(O)O[Si](O)(O)C=C. The average molecular weight is 194 g/mol. The van der Waals surface area contributed by atoms with E-state index in [9.17, 15) is 0 Å². The third kappa shape index (κ3) is 4.21. The van der Waals surface area contributed by atoms with Crippen LogP contribution in [0.1, 0.15) is 0 Å². The van der Waals surface area contributed by atoms with E-state index in [0.717, 1.165) is 11.4 Å². The summed E-state index contributed by atoms with van der Waals surface area (Å²) in [5.74, 6) is 0. The van der Waals surface area contributed by atoms with Gasteiger partial charge in [-0.1, -0.05) is 13.2 Å². The molecule has 0 spiro atoms. The Morgan fingerprint density at radius 2 is 1.18 bits per heavy atom. The minimum Gasteiger partial charge on any atom is -0.387 e. The highest BCUT2D eigenvalue weighted by Crippen LogP contribution is 2.05. The quantitative estimate of drug-likeness (QED) is 0.401. The largest absolute Gasteiger partial charge is 0.516 e. The molecule has 0 rings (SSSR count). The van der Waals surface area contributed by atoms with Crippen molar-refractivity contribution in [3.05, 3.63) is 24.6 Å². The molecule has 5 nitrogen and oxygen atoms in total. The third-order valence-electron chi connectivity index (χ3n) is 0.832. The van der Waals surface area contributed by atoms with Gasteiger partial charge in [-0.3, -0.25) is 0 Å². The van der Waals surface area contributed by atoms with Crippen LogP contribution in [-0.4, -0.2) is 36.8 Å². The normalized spacial score (nSPS) is 12.7. The lowest BCUT2D eigenvalue weighted by Gasteiger charge is -2.20. The van der Waals surface area contributed by atoms with Crippen LogP contribution >= 0.6 is 0 Å². The minimum absolute atomic E-state index is 0.755. The number of rotatable bonds is 4. The molecule has 64 valence electrons. The van der Waals surface area contributed by atoms with Crippen molar-refractivity contribution in [2.45, 2.75) is 0 Å². The molecule has 0 unspecified atom stereocenters. The zero-order chi connectivity index (χ0) is 9.12. The summed E-state index contributed by atoms with van der Waals surface area (Å²) in [5, 5.41) is 0. The van der Waals surface area contributed by atoms with Gasteiger partial charge >= 0.3 is 17.6 Å². The smallest absolute Gasteiger partial charge is 0.387 e. The molecule has 7 heteroatoms. The molecule has 0 amide bonds. The summed E-state index contributed by atoms with van der Waals surface area (Å²) < 4.78 is 4.19. The molecule has 0 aromatic carbocycles. The summed E-state index contributed by atoms with van der Waals surface area (Å²) in [6.07, 6.45) is 0. The monoisotopic (exact) mass is 194 g/mol. The zero-order valence-electron chi connectivity index (χ0n) is 5.77. The van der Waals surface area contributed by atoms with Crippen molar-refractivity contribution in [3.63, 3.8) is 0 Å². The summed E-state index contributed by atoms with van der Waals surface area (Å²) in [7, 11) is -8.16. The first-order chi connectivity index (χ1) is 4.83. The predicted octanol–water partition coefficient (Wildman–Crippen LogP) is -1.70. The number of hydrogen-bond donors (Lipinski definition) is 4. The van der Waals surface area contributed by atoms with E-state index in [1.54, 1.807) is 0 Å². The standard InChI is InChI=1S/C4H10O5Si2/c1-3-10(5,6)9-11(7,8)4-2/h3-8H,1-2H2. The Labute approximate surface area is 66.2 Å². The van der Waals surface area contributed by atoms with Crippen LogP contribution in [0.4, 0.5) is 0 Å². The molecule has 0 aliphatic heterocycles. The second-order valence-corrected chi connectivity index (χ2v) is 6.10. The molecule has 4 N–H and O–H groups in total. The summed E-state index contributed by atoms with van der Waals surface area (Å²) in [6.45, 7) is 6.11. The molecule has 0 aromatic rings. The molecule has 0 saturated heterocycles. The Kier molecular flexibility index (Phi) is 3.32. The lowest BCUT2D eigenvalue weighted by molar-refractivity contribution is 0.176. The van der Waals surface area contributed by atoms with Crippen LogP contribution in [0, 0.1) is 0 Å². The lowest BCUT2D eigenvalue weighted by atomic mass is 11.3. The number of hydrogen-bond acceptors (Lipinski definition) is 5. The Morgan fingerprint density at radius 3 is 1.36 bits per heavy atom. The van der Waals surface area contributed by atoms with Crippen molar-refractivity contribution < 1.29 is 23.3 Å². The molecule has 0 bridgehead atoms. The lowest BCUT2D eigenvalue weighted by Crippen LogP contribution is -2.51. The van der Waals surface area contributed by atoms with Crippen LogP contribution < -0.4 is 0 Å². The van der Waals surface area contributed by atoms with Gasteiger partial charge in [-0.15, -0.1) is 0 Å². The first kappa shape index (κ1) is 10.7. The highest BCUT2D eigenvalue weighted by Gasteiger charge is 2.41. The first-order valence-electron chi connectivity index (χ1n) is 2.70. The topological polar surface area (TPSA) is 90.2 Å². The van der Waals surface area contributed by atoms with Crippen LogP contribution in [0.3, 0.4) is 0 Å². The van der Waals surface area contributed by atoms with E-state index >= 15 is 0 Å². The van der Waals surface area contributed by atoms with Crippen LogP contribution in [0.2, 0.25) is 0 Å². The maximum Gasteiger partial charge on any atom is 0.516 e. The Bertz CT molecular complexity index is 148. The van der Waals surface area contributed by atoms with E-state index in [1.165, 1.54) is 0 Å². The maximum absolute atomic E-state index is 8.81. The molecule has 0 radical (unpaired) electrons. The van der Waals surface area contributed by atoms with Crippen LogP contribution in [-0.2, 0) is 4.12 Å². The van der Waals surface area contributed by atoms with Crippen LogP contribution in [0.5, 0.6) is 0 Å². The Hall–Kier alpha value is -0.286. The van der Waals surface area contributed by atoms with Crippen molar-refractivity contribution in [1.82, 2.24) is 0 Å². The van der Waals surface area contributed by atoms with Gasteiger partial charge in [0.1, 0.15) is 0 Å². The molecule has 0 atom stereocenters. The summed E-state index contributed by atoms with van der Waals surface area (Å²) in [6, 6.07) is 0. The predicted molar refractivity (Wildman–Crippen MR) is 41.9 cm³/mol. The van der Waals surface area contributed by atoms with E-state index in [1.807, 2.05) is 0 Å². The first-order valence-corrected chi connectivity index (χ1v) is 6.46.